The first-order valence-electron chi connectivity index (χ1n) is 9.43. The van der Waals surface area contributed by atoms with Gasteiger partial charge in [0.25, 0.3) is 5.91 Å². The van der Waals surface area contributed by atoms with Crippen LogP contribution in [0.4, 0.5) is 5.69 Å². The minimum Gasteiger partial charge on any atom is -0.478 e. The van der Waals surface area contributed by atoms with Crippen molar-refractivity contribution in [3.8, 4) is 0 Å². The monoisotopic (exact) mass is 491 g/mol. The van der Waals surface area contributed by atoms with E-state index >= 15 is 0 Å². The number of hydrogen-bond donors (Lipinski definition) is 2. The van der Waals surface area contributed by atoms with Crippen molar-refractivity contribution in [3.05, 3.63) is 71.3 Å². The van der Waals surface area contributed by atoms with Crippen LogP contribution in [0.2, 0.25) is 5.02 Å². The van der Waals surface area contributed by atoms with Gasteiger partial charge in [-0.1, -0.05) is 23.7 Å². The van der Waals surface area contributed by atoms with Crippen LogP contribution in [0.5, 0.6) is 0 Å². The van der Waals surface area contributed by atoms with Crippen molar-refractivity contribution in [2.45, 2.75) is 23.9 Å². The number of nitrogens with two attached hydrogens (primary N) is 1. The number of aliphatic carboxylic acids is 1. The van der Waals surface area contributed by atoms with E-state index in [1.54, 1.807) is 0 Å². The molecule has 12 heteroatoms. The van der Waals surface area contributed by atoms with Crippen LogP contribution in [0.25, 0.3) is 0 Å². The van der Waals surface area contributed by atoms with Crippen LogP contribution in [0.1, 0.15) is 12.0 Å². The molecule has 1 saturated heterocycles. The van der Waals surface area contributed by atoms with E-state index in [9.17, 15) is 27.6 Å². The number of carbonyl (C=O) groups excluding carboxylic acids is 3. The largest absolute Gasteiger partial charge is 0.478 e. The van der Waals surface area contributed by atoms with Crippen molar-refractivity contribution in [2.24, 2.45) is 5.14 Å². The number of sulfonamides is 1. The maximum absolute atomic E-state index is 13.1. The van der Waals surface area contributed by atoms with Gasteiger partial charge in [-0.15, -0.1) is 0 Å². The molecule has 3 amide bonds. The summed E-state index contributed by atoms with van der Waals surface area (Å²) < 4.78 is 22.9. The molecule has 0 aromatic heterocycles. The van der Waals surface area contributed by atoms with Crippen LogP contribution in [0.15, 0.2) is 65.6 Å². The van der Waals surface area contributed by atoms with E-state index in [4.69, 9.17) is 21.8 Å². The summed E-state index contributed by atoms with van der Waals surface area (Å²) in [5, 5.41) is 14.3. The van der Waals surface area contributed by atoms with E-state index in [0.717, 1.165) is 15.9 Å². The molecule has 10 nitrogen and oxygen atoms in total. The van der Waals surface area contributed by atoms with Crippen LogP contribution in [-0.4, -0.2) is 48.2 Å². The van der Waals surface area contributed by atoms with E-state index in [1.807, 2.05) is 0 Å². The van der Waals surface area contributed by atoms with Gasteiger partial charge in [0.2, 0.25) is 21.8 Å². The Balaban J connectivity index is 1.93. The summed E-state index contributed by atoms with van der Waals surface area (Å²) in [4.78, 5) is 51.2. The lowest BCUT2D eigenvalue weighted by molar-refractivity contribution is -0.135. The fraction of sp³-hybridized carbons (Fsp3) is 0.143. The predicted octanol–water partition coefficient (Wildman–Crippen LogP) is 1.29. The zero-order valence-corrected chi connectivity index (χ0v) is 18.5. The lowest BCUT2D eigenvalue weighted by atomic mass is 10.1. The van der Waals surface area contributed by atoms with Crippen molar-refractivity contribution in [1.29, 1.82) is 0 Å². The van der Waals surface area contributed by atoms with Crippen LogP contribution < -0.4 is 10.0 Å². The zero-order chi connectivity index (χ0) is 24.3. The molecule has 0 saturated carbocycles. The molecule has 0 spiro atoms. The maximum Gasteiger partial charge on any atom is 0.328 e. The molecule has 1 atom stereocenters. The van der Waals surface area contributed by atoms with Crippen LogP contribution in [0.3, 0.4) is 0 Å². The lowest BCUT2D eigenvalue weighted by Gasteiger charge is -2.26. The van der Waals surface area contributed by atoms with Gasteiger partial charge in [0.05, 0.1) is 17.0 Å². The molecule has 3 rings (SSSR count). The van der Waals surface area contributed by atoms with Crippen molar-refractivity contribution < 1.29 is 32.7 Å². The smallest absolute Gasteiger partial charge is 0.328 e. The third-order valence-corrected chi connectivity index (χ3v) is 6.02. The molecular formula is C21H18ClN3O7S. The van der Waals surface area contributed by atoms with Gasteiger partial charge in [0, 0.05) is 23.7 Å². The Bertz CT molecular complexity index is 1240. The summed E-state index contributed by atoms with van der Waals surface area (Å²) in [5.41, 5.74) is 0.715. The summed E-state index contributed by atoms with van der Waals surface area (Å²) in [6.45, 7) is -0.189. The van der Waals surface area contributed by atoms with E-state index in [-0.39, 0.29) is 23.5 Å². The van der Waals surface area contributed by atoms with Crippen LogP contribution >= 0.6 is 11.6 Å². The van der Waals surface area contributed by atoms with Gasteiger partial charge < -0.3 is 10.0 Å². The predicted molar refractivity (Wildman–Crippen MR) is 117 cm³/mol. The van der Waals surface area contributed by atoms with Gasteiger partial charge in [0.15, 0.2) is 0 Å². The van der Waals surface area contributed by atoms with E-state index in [2.05, 4.69) is 0 Å². The molecule has 2 aromatic carbocycles. The van der Waals surface area contributed by atoms with Crippen LogP contribution in [0, 0.1) is 0 Å². The van der Waals surface area contributed by atoms with Crippen molar-refractivity contribution >= 4 is 51.0 Å². The van der Waals surface area contributed by atoms with E-state index in [1.165, 1.54) is 48.5 Å². The summed E-state index contributed by atoms with van der Waals surface area (Å²) in [6, 6.07) is 10.1. The van der Waals surface area contributed by atoms with Gasteiger partial charge >= 0.3 is 5.97 Å². The quantitative estimate of drug-likeness (QED) is 0.436. The molecule has 0 aliphatic carbocycles. The van der Waals surface area contributed by atoms with Crippen molar-refractivity contribution in [2.75, 3.05) is 4.90 Å². The summed E-state index contributed by atoms with van der Waals surface area (Å²) >= 11 is 5.86. The number of nitrogens with zero attached hydrogens (tertiary/aromatic N) is 2. The summed E-state index contributed by atoms with van der Waals surface area (Å²) in [6.07, 6.45) is 1.09. The van der Waals surface area contributed by atoms with Gasteiger partial charge in [0.1, 0.15) is 6.04 Å². The molecule has 3 N–H and O–H groups in total. The molecule has 1 aliphatic rings. The maximum atomic E-state index is 13.1. The average Bonchev–Trinajstić information content (AvgIpc) is 3.04. The van der Waals surface area contributed by atoms with Crippen molar-refractivity contribution in [3.63, 3.8) is 0 Å². The fourth-order valence-corrected chi connectivity index (χ4v) is 3.92. The minimum atomic E-state index is -3.93. The fourth-order valence-electron chi connectivity index (χ4n) is 3.28. The Labute approximate surface area is 193 Å². The van der Waals surface area contributed by atoms with Gasteiger partial charge in [-0.3, -0.25) is 14.4 Å². The summed E-state index contributed by atoms with van der Waals surface area (Å²) in [7, 11) is -3.93. The number of anilines is 1. The third kappa shape index (κ3) is 5.64. The second-order valence-corrected chi connectivity index (χ2v) is 9.09. The topological polar surface area (TPSA) is 155 Å². The number of imide groups is 1. The second-order valence-electron chi connectivity index (χ2n) is 7.09. The molecule has 0 bridgehead atoms. The standard InChI is InChI=1S/C21H18ClN3O7S/c22-14-3-5-15(6-4-14)25-19(27)11-17(21(25)30)24(18(26)9-10-20(28)29)12-13-1-7-16(8-2-13)33(23,31)32/h1-10,17H,11-12H2,(H,28,29)(H2,23,31,32). The van der Waals surface area contributed by atoms with Crippen molar-refractivity contribution in [1.82, 2.24) is 4.90 Å². The first-order valence-corrected chi connectivity index (χ1v) is 11.4. The highest BCUT2D eigenvalue weighted by atomic mass is 35.5. The van der Waals surface area contributed by atoms with E-state index < -0.39 is 39.8 Å². The molecule has 1 aliphatic heterocycles. The first kappa shape index (κ1) is 24.1. The number of rotatable bonds is 7. The minimum absolute atomic E-state index is 0.143. The number of amides is 3. The average molecular weight is 492 g/mol. The number of benzene rings is 2. The number of halogens is 1. The highest BCUT2D eigenvalue weighted by molar-refractivity contribution is 7.89. The first-order chi connectivity index (χ1) is 15.5. The molecule has 0 radical (unpaired) electrons. The SMILES string of the molecule is NS(=O)(=O)c1ccc(CN(C(=O)C=CC(=O)O)C2CC(=O)N(c3ccc(Cl)cc3)C2=O)cc1. The van der Waals surface area contributed by atoms with Gasteiger partial charge in [-0.2, -0.15) is 0 Å². The number of carbonyl (C=O) groups is 4. The normalized spacial score (nSPS) is 16.4. The molecule has 1 unspecified atom stereocenters. The molecular weight excluding hydrogens is 474 g/mol. The molecule has 1 heterocycles. The Morgan fingerprint density at radius 1 is 1.09 bits per heavy atom. The number of carboxylic acids is 1. The molecule has 33 heavy (non-hydrogen) atoms. The van der Waals surface area contributed by atoms with E-state index in [0.29, 0.717) is 16.7 Å². The molecule has 172 valence electrons. The molecule has 2 aromatic rings. The third-order valence-electron chi connectivity index (χ3n) is 4.84. The Morgan fingerprint density at radius 2 is 1.70 bits per heavy atom. The van der Waals surface area contributed by atoms with Gasteiger partial charge in [-0.05, 0) is 42.0 Å². The highest BCUT2D eigenvalue weighted by Gasteiger charge is 2.44. The Morgan fingerprint density at radius 3 is 2.24 bits per heavy atom. The summed E-state index contributed by atoms with van der Waals surface area (Å²) in [5.74, 6) is -3.38. The number of carboxylic acid groups (broad SMARTS) is 1. The molecule has 1 fully saturated rings. The zero-order valence-electron chi connectivity index (χ0n) is 16.9. The number of hydrogen-bond acceptors (Lipinski definition) is 6. The van der Waals surface area contributed by atoms with Gasteiger partial charge in [-0.25, -0.2) is 23.3 Å². The Kier molecular flexibility index (Phi) is 6.96. The number of primary sulfonamides is 1. The highest BCUT2D eigenvalue weighted by Crippen LogP contribution is 2.28. The Hall–Kier alpha value is -3.54. The van der Waals surface area contributed by atoms with Crippen LogP contribution in [-0.2, 0) is 35.7 Å². The lowest BCUT2D eigenvalue weighted by Crippen LogP contribution is -2.44. The second kappa shape index (κ2) is 9.53.